The van der Waals surface area contributed by atoms with E-state index in [0.29, 0.717) is 18.0 Å². The fourth-order valence-corrected chi connectivity index (χ4v) is 2.54. The van der Waals surface area contributed by atoms with Crippen molar-refractivity contribution >= 4 is 28.8 Å². The lowest BCUT2D eigenvalue weighted by Gasteiger charge is -2.17. The van der Waals surface area contributed by atoms with Crippen LogP contribution in [0, 0.1) is 0 Å². The zero-order valence-electron chi connectivity index (χ0n) is 10.1. The van der Waals surface area contributed by atoms with E-state index in [2.05, 4.69) is 0 Å². The van der Waals surface area contributed by atoms with Crippen LogP contribution in [-0.4, -0.2) is 17.9 Å². The molecule has 1 aromatic heterocycles. The Morgan fingerprint density at radius 2 is 2.11 bits per heavy atom. The maximum Gasteiger partial charge on any atom is 0.227 e. The second-order valence-corrected chi connectivity index (χ2v) is 5.34. The second kappa shape index (κ2) is 6.03. The summed E-state index contributed by atoms with van der Waals surface area (Å²) in [6.07, 6.45) is 0.449. The van der Waals surface area contributed by atoms with Gasteiger partial charge in [-0.3, -0.25) is 4.79 Å². The molecule has 1 heterocycles. The van der Waals surface area contributed by atoms with Gasteiger partial charge in [-0.15, -0.1) is 0 Å². The van der Waals surface area contributed by atoms with Crippen molar-refractivity contribution in [2.24, 2.45) is 0 Å². The van der Waals surface area contributed by atoms with Gasteiger partial charge in [-0.1, -0.05) is 29.8 Å². The highest BCUT2D eigenvalue weighted by Crippen LogP contribution is 2.17. The third-order valence-electron chi connectivity index (χ3n) is 2.73. The molecular formula is C14H14ClNOS. The molecule has 0 bridgehead atoms. The Morgan fingerprint density at radius 3 is 2.78 bits per heavy atom. The molecule has 4 heteroatoms. The van der Waals surface area contributed by atoms with Crippen LogP contribution in [0.1, 0.15) is 11.1 Å². The van der Waals surface area contributed by atoms with Crippen molar-refractivity contribution in [2.45, 2.75) is 13.0 Å². The molecule has 0 fully saturated rings. The molecule has 0 unspecified atom stereocenters. The number of hydrogen-bond acceptors (Lipinski definition) is 2. The van der Waals surface area contributed by atoms with Crippen LogP contribution in [0.4, 0.5) is 0 Å². The average molecular weight is 280 g/mol. The Morgan fingerprint density at radius 1 is 1.33 bits per heavy atom. The Hall–Kier alpha value is -1.32. The third kappa shape index (κ3) is 3.34. The summed E-state index contributed by atoms with van der Waals surface area (Å²) in [5.74, 6) is 0.105. The SMILES string of the molecule is CN(Cc1ccccc1Cl)C(=O)Cc1ccsc1. The Labute approximate surface area is 116 Å². The van der Waals surface area contributed by atoms with Gasteiger partial charge in [0, 0.05) is 18.6 Å². The highest BCUT2D eigenvalue weighted by Gasteiger charge is 2.11. The van der Waals surface area contributed by atoms with E-state index in [1.54, 1.807) is 23.3 Å². The number of benzene rings is 1. The van der Waals surface area contributed by atoms with Crippen molar-refractivity contribution in [1.29, 1.82) is 0 Å². The van der Waals surface area contributed by atoms with E-state index in [-0.39, 0.29) is 5.91 Å². The van der Waals surface area contributed by atoms with Crippen LogP contribution < -0.4 is 0 Å². The molecular weight excluding hydrogens is 266 g/mol. The van der Waals surface area contributed by atoms with E-state index in [0.717, 1.165) is 11.1 Å². The standard InChI is InChI=1S/C14H14ClNOS/c1-16(9-12-4-2-3-5-13(12)15)14(17)8-11-6-7-18-10-11/h2-7,10H,8-9H2,1H3. The maximum atomic E-state index is 12.0. The predicted octanol–water partition coefficient (Wildman–Crippen LogP) is 3.60. The van der Waals surface area contributed by atoms with Gasteiger partial charge in [-0.25, -0.2) is 0 Å². The van der Waals surface area contributed by atoms with Crippen molar-refractivity contribution in [3.63, 3.8) is 0 Å². The van der Waals surface area contributed by atoms with Crippen molar-refractivity contribution in [3.8, 4) is 0 Å². The molecule has 2 aromatic rings. The summed E-state index contributed by atoms with van der Waals surface area (Å²) in [4.78, 5) is 13.7. The van der Waals surface area contributed by atoms with E-state index in [1.165, 1.54) is 0 Å². The van der Waals surface area contributed by atoms with Crippen molar-refractivity contribution < 1.29 is 4.79 Å². The van der Waals surface area contributed by atoms with Gasteiger partial charge in [0.15, 0.2) is 0 Å². The molecule has 0 aliphatic heterocycles. The molecule has 2 rings (SSSR count). The number of nitrogens with zero attached hydrogens (tertiary/aromatic N) is 1. The number of halogens is 1. The van der Waals surface area contributed by atoms with Crippen LogP contribution in [0.5, 0.6) is 0 Å². The molecule has 1 amide bonds. The number of carbonyl (C=O) groups excluding carboxylic acids is 1. The molecule has 1 aromatic carbocycles. The van der Waals surface area contributed by atoms with Gasteiger partial charge in [-0.05, 0) is 34.0 Å². The van der Waals surface area contributed by atoms with Crippen LogP contribution in [0.3, 0.4) is 0 Å². The lowest BCUT2D eigenvalue weighted by molar-refractivity contribution is -0.129. The predicted molar refractivity (Wildman–Crippen MR) is 75.9 cm³/mol. The molecule has 0 aliphatic rings. The normalized spacial score (nSPS) is 10.3. The molecule has 18 heavy (non-hydrogen) atoms. The lowest BCUT2D eigenvalue weighted by Crippen LogP contribution is -2.27. The minimum Gasteiger partial charge on any atom is -0.341 e. The summed E-state index contributed by atoms with van der Waals surface area (Å²) in [6.45, 7) is 0.544. The summed E-state index contributed by atoms with van der Waals surface area (Å²) in [5, 5.41) is 4.69. The number of carbonyl (C=O) groups is 1. The molecule has 0 atom stereocenters. The van der Waals surface area contributed by atoms with Crippen LogP contribution in [0.25, 0.3) is 0 Å². The monoisotopic (exact) mass is 279 g/mol. The fraction of sp³-hybridized carbons (Fsp3) is 0.214. The topological polar surface area (TPSA) is 20.3 Å². The quantitative estimate of drug-likeness (QED) is 0.837. The van der Waals surface area contributed by atoms with Crippen LogP contribution >= 0.6 is 22.9 Å². The van der Waals surface area contributed by atoms with Gasteiger partial charge < -0.3 is 4.90 Å². The first-order valence-electron chi connectivity index (χ1n) is 5.65. The molecule has 0 saturated carbocycles. The van der Waals surface area contributed by atoms with Crippen LogP contribution in [0.15, 0.2) is 41.1 Å². The molecule has 2 nitrogen and oxygen atoms in total. The zero-order valence-corrected chi connectivity index (χ0v) is 11.7. The zero-order chi connectivity index (χ0) is 13.0. The van der Waals surface area contributed by atoms with E-state index in [1.807, 2.05) is 41.1 Å². The van der Waals surface area contributed by atoms with Gasteiger partial charge in [0.25, 0.3) is 0 Å². The average Bonchev–Trinajstić information content (AvgIpc) is 2.84. The fourth-order valence-electron chi connectivity index (χ4n) is 1.67. The second-order valence-electron chi connectivity index (χ2n) is 4.15. The number of rotatable bonds is 4. The number of likely N-dealkylation sites (N-methyl/N-ethyl adjacent to an activating group) is 1. The molecule has 0 saturated heterocycles. The van der Waals surface area contributed by atoms with Gasteiger partial charge >= 0.3 is 0 Å². The van der Waals surface area contributed by atoms with Gasteiger partial charge in [0.2, 0.25) is 5.91 Å². The highest BCUT2D eigenvalue weighted by molar-refractivity contribution is 7.07. The van der Waals surface area contributed by atoms with Crippen LogP contribution in [-0.2, 0) is 17.8 Å². The number of amides is 1. The largest absolute Gasteiger partial charge is 0.341 e. The van der Waals surface area contributed by atoms with E-state index < -0.39 is 0 Å². The third-order valence-corrected chi connectivity index (χ3v) is 3.83. The highest BCUT2D eigenvalue weighted by atomic mass is 35.5. The Balaban J connectivity index is 1.97. The first kappa shape index (κ1) is 13.1. The van der Waals surface area contributed by atoms with Gasteiger partial charge in [0.05, 0.1) is 6.42 Å². The first-order valence-corrected chi connectivity index (χ1v) is 6.97. The lowest BCUT2D eigenvalue weighted by atomic mass is 10.2. The molecule has 0 radical (unpaired) electrons. The molecule has 0 aliphatic carbocycles. The van der Waals surface area contributed by atoms with E-state index in [4.69, 9.17) is 11.6 Å². The molecule has 0 N–H and O–H groups in total. The summed E-state index contributed by atoms with van der Waals surface area (Å²) in [7, 11) is 1.80. The Bertz CT molecular complexity index is 524. The van der Waals surface area contributed by atoms with Crippen molar-refractivity contribution in [3.05, 3.63) is 57.2 Å². The summed E-state index contributed by atoms with van der Waals surface area (Å²) < 4.78 is 0. The summed E-state index contributed by atoms with van der Waals surface area (Å²) in [6, 6.07) is 9.58. The van der Waals surface area contributed by atoms with Crippen molar-refractivity contribution in [2.75, 3.05) is 7.05 Å². The van der Waals surface area contributed by atoms with Gasteiger partial charge in [0.1, 0.15) is 0 Å². The minimum absolute atomic E-state index is 0.105. The number of hydrogen-bond donors (Lipinski definition) is 0. The first-order chi connectivity index (χ1) is 8.66. The van der Waals surface area contributed by atoms with E-state index in [9.17, 15) is 4.79 Å². The van der Waals surface area contributed by atoms with Crippen molar-refractivity contribution in [1.82, 2.24) is 4.90 Å². The molecule has 0 spiro atoms. The minimum atomic E-state index is 0.105. The number of thiophene rings is 1. The Kier molecular flexibility index (Phi) is 4.39. The van der Waals surface area contributed by atoms with E-state index >= 15 is 0 Å². The summed E-state index contributed by atoms with van der Waals surface area (Å²) >= 11 is 7.69. The van der Waals surface area contributed by atoms with Crippen LogP contribution in [0.2, 0.25) is 5.02 Å². The van der Waals surface area contributed by atoms with Gasteiger partial charge in [-0.2, -0.15) is 11.3 Å². The summed E-state index contributed by atoms with van der Waals surface area (Å²) in [5.41, 5.74) is 2.04. The maximum absolute atomic E-state index is 12.0. The molecule has 94 valence electrons. The smallest absolute Gasteiger partial charge is 0.227 e.